The van der Waals surface area contributed by atoms with E-state index in [-0.39, 0.29) is 6.61 Å². The van der Waals surface area contributed by atoms with Crippen LogP contribution in [-0.2, 0) is 0 Å². The van der Waals surface area contributed by atoms with Gasteiger partial charge in [-0.15, -0.1) is 0 Å². The number of halogens is 1. The largest absolute Gasteiger partial charge is 0.491 e. The average Bonchev–Trinajstić information content (AvgIpc) is 2.90. The minimum Gasteiger partial charge on any atom is -0.491 e. The second kappa shape index (κ2) is 7.30. The van der Waals surface area contributed by atoms with Crippen LogP contribution in [0, 0.1) is 5.92 Å². The molecule has 1 unspecified atom stereocenters. The summed E-state index contributed by atoms with van der Waals surface area (Å²) in [5, 5.41) is 20.3. The van der Waals surface area contributed by atoms with Gasteiger partial charge in [-0.25, -0.2) is 0 Å². The summed E-state index contributed by atoms with van der Waals surface area (Å²) in [4.78, 5) is 0. The number of rotatable bonds is 6. The van der Waals surface area contributed by atoms with Crippen LogP contribution in [0.25, 0.3) is 0 Å². The van der Waals surface area contributed by atoms with E-state index in [0.29, 0.717) is 22.3 Å². The van der Waals surface area contributed by atoms with E-state index in [1.165, 1.54) is 25.7 Å². The number of ether oxygens (including phenoxy) is 1. The molecular formula is C16H23ClO3. The van der Waals surface area contributed by atoms with Gasteiger partial charge in [0.05, 0.1) is 12.2 Å². The fraction of sp³-hybridized carbons (Fsp3) is 0.625. The molecule has 2 atom stereocenters. The molecule has 0 aliphatic heterocycles. The number of hydrogen-bond donors (Lipinski definition) is 2. The van der Waals surface area contributed by atoms with Crippen molar-refractivity contribution < 1.29 is 14.9 Å². The van der Waals surface area contributed by atoms with Crippen LogP contribution in [0.4, 0.5) is 0 Å². The van der Waals surface area contributed by atoms with Gasteiger partial charge in [0.15, 0.2) is 0 Å². The second-order valence-corrected chi connectivity index (χ2v) is 6.15. The molecule has 1 aliphatic rings. The molecule has 1 aromatic carbocycles. The molecular weight excluding hydrogens is 276 g/mol. The summed E-state index contributed by atoms with van der Waals surface area (Å²) in [6.07, 6.45) is 4.71. The smallest absolute Gasteiger partial charge is 0.125 e. The van der Waals surface area contributed by atoms with Crippen LogP contribution in [0.2, 0.25) is 5.02 Å². The Morgan fingerprint density at radius 1 is 1.30 bits per heavy atom. The lowest BCUT2D eigenvalue weighted by molar-refractivity contribution is 0.0832. The van der Waals surface area contributed by atoms with Gasteiger partial charge in [-0.05, 0) is 37.5 Å². The Morgan fingerprint density at radius 2 is 2.00 bits per heavy atom. The number of benzene rings is 1. The van der Waals surface area contributed by atoms with Crippen molar-refractivity contribution in [2.75, 3.05) is 6.61 Å². The average molecular weight is 299 g/mol. The zero-order valence-electron chi connectivity index (χ0n) is 11.9. The van der Waals surface area contributed by atoms with Crippen molar-refractivity contribution in [3.05, 3.63) is 28.8 Å². The Kier molecular flexibility index (Phi) is 5.70. The van der Waals surface area contributed by atoms with E-state index in [9.17, 15) is 10.2 Å². The molecule has 0 heterocycles. The molecule has 1 saturated carbocycles. The molecule has 0 saturated heterocycles. The molecule has 0 spiro atoms. The van der Waals surface area contributed by atoms with Gasteiger partial charge in [-0.2, -0.15) is 0 Å². The second-order valence-electron chi connectivity index (χ2n) is 5.71. The molecule has 1 fully saturated rings. The van der Waals surface area contributed by atoms with E-state index in [4.69, 9.17) is 16.3 Å². The highest BCUT2D eigenvalue weighted by Gasteiger charge is 2.19. The fourth-order valence-electron chi connectivity index (χ4n) is 2.86. The quantitative estimate of drug-likeness (QED) is 0.841. The Balaban J connectivity index is 1.89. The lowest BCUT2D eigenvalue weighted by Gasteiger charge is -2.18. The maximum atomic E-state index is 10.0. The molecule has 112 valence electrons. The van der Waals surface area contributed by atoms with Crippen LogP contribution in [0.5, 0.6) is 5.75 Å². The summed E-state index contributed by atoms with van der Waals surface area (Å²) >= 11 is 5.92. The first-order valence-electron chi connectivity index (χ1n) is 7.34. The highest BCUT2D eigenvalue weighted by molar-refractivity contribution is 6.30. The van der Waals surface area contributed by atoms with Gasteiger partial charge in [-0.3, -0.25) is 0 Å². The van der Waals surface area contributed by atoms with Gasteiger partial charge < -0.3 is 14.9 Å². The molecule has 0 radical (unpaired) electrons. The summed E-state index contributed by atoms with van der Waals surface area (Å²) in [6.45, 7) is 1.94. The highest BCUT2D eigenvalue weighted by atomic mass is 35.5. The van der Waals surface area contributed by atoms with Crippen molar-refractivity contribution in [2.24, 2.45) is 5.92 Å². The summed E-state index contributed by atoms with van der Waals surface area (Å²) in [5.41, 5.74) is 0.658. The van der Waals surface area contributed by atoms with Crippen LogP contribution in [0.15, 0.2) is 18.2 Å². The van der Waals surface area contributed by atoms with Crippen LogP contribution < -0.4 is 4.74 Å². The lowest BCUT2D eigenvalue weighted by Crippen LogP contribution is -2.21. The molecule has 1 aromatic rings. The minimum atomic E-state index is -0.643. The van der Waals surface area contributed by atoms with E-state index in [1.54, 1.807) is 25.1 Å². The molecule has 20 heavy (non-hydrogen) atoms. The predicted molar refractivity (Wildman–Crippen MR) is 80.2 cm³/mol. The van der Waals surface area contributed by atoms with E-state index in [1.807, 2.05) is 0 Å². The minimum absolute atomic E-state index is 0.262. The Hall–Kier alpha value is -0.770. The highest BCUT2D eigenvalue weighted by Crippen LogP contribution is 2.30. The molecule has 2 rings (SSSR count). The monoisotopic (exact) mass is 298 g/mol. The third-order valence-corrected chi connectivity index (χ3v) is 4.17. The van der Waals surface area contributed by atoms with Crippen LogP contribution in [0.1, 0.15) is 50.7 Å². The zero-order valence-corrected chi connectivity index (χ0v) is 12.6. The number of aliphatic hydroxyl groups excluding tert-OH is 2. The van der Waals surface area contributed by atoms with Gasteiger partial charge >= 0.3 is 0 Å². The van der Waals surface area contributed by atoms with E-state index >= 15 is 0 Å². The van der Waals surface area contributed by atoms with Gasteiger partial charge in [-0.1, -0.05) is 37.3 Å². The normalized spacial score (nSPS) is 19.0. The molecule has 1 aliphatic carbocycles. The first-order chi connectivity index (χ1) is 9.56. The third kappa shape index (κ3) is 4.37. The zero-order chi connectivity index (χ0) is 14.5. The molecule has 0 aromatic heterocycles. The first-order valence-corrected chi connectivity index (χ1v) is 7.72. The van der Waals surface area contributed by atoms with Gasteiger partial charge in [0, 0.05) is 10.6 Å². The van der Waals surface area contributed by atoms with Crippen LogP contribution in [-0.4, -0.2) is 22.9 Å². The maximum absolute atomic E-state index is 10.0. The van der Waals surface area contributed by atoms with Crippen molar-refractivity contribution in [1.82, 2.24) is 0 Å². The SMILES string of the molecule is C[C@@H](O)c1cc(Cl)ccc1OCC(O)CC1CCCC1. The van der Waals surface area contributed by atoms with Gasteiger partial charge in [0.2, 0.25) is 0 Å². The molecule has 4 heteroatoms. The van der Waals surface area contributed by atoms with Crippen molar-refractivity contribution in [1.29, 1.82) is 0 Å². The van der Waals surface area contributed by atoms with Crippen molar-refractivity contribution in [2.45, 2.75) is 51.2 Å². The predicted octanol–water partition coefficient (Wildman–Crippen LogP) is 3.71. The van der Waals surface area contributed by atoms with E-state index in [0.717, 1.165) is 6.42 Å². The van der Waals surface area contributed by atoms with Crippen LogP contribution >= 0.6 is 11.6 Å². The Morgan fingerprint density at radius 3 is 2.65 bits per heavy atom. The van der Waals surface area contributed by atoms with Gasteiger partial charge in [0.25, 0.3) is 0 Å². The number of hydrogen-bond acceptors (Lipinski definition) is 3. The number of aliphatic hydroxyl groups is 2. The lowest BCUT2D eigenvalue weighted by atomic mass is 10.0. The van der Waals surface area contributed by atoms with Gasteiger partial charge in [0.1, 0.15) is 12.4 Å². The van der Waals surface area contributed by atoms with E-state index in [2.05, 4.69) is 0 Å². The summed E-state index contributed by atoms with van der Waals surface area (Å²) < 4.78 is 5.66. The molecule has 0 bridgehead atoms. The topological polar surface area (TPSA) is 49.7 Å². The molecule has 3 nitrogen and oxygen atoms in total. The summed E-state index contributed by atoms with van der Waals surface area (Å²) in [6, 6.07) is 5.17. The maximum Gasteiger partial charge on any atom is 0.125 e. The van der Waals surface area contributed by atoms with Crippen LogP contribution in [0.3, 0.4) is 0 Å². The molecule has 0 amide bonds. The third-order valence-electron chi connectivity index (χ3n) is 3.93. The summed E-state index contributed by atoms with van der Waals surface area (Å²) in [7, 11) is 0. The first kappa shape index (κ1) is 15.6. The van der Waals surface area contributed by atoms with Crippen molar-refractivity contribution in [3.63, 3.8) is 0 Å². The fourth-order valence-corrected chi connectivity index (χ4v) is 3.04. The Labute approximate surface area is 125 Å². The molecule has 2 N–H and O–H groups in total. The Bertz CT molecular complexity index is 428. The van der Waals surface area contributed by atoms with Crippen molar-refractivity contribution in [3.8, 4) is 5.75 Å². The summed E-state index contributed by atoms with van der Waals surface area (Å²) in [5.74, 6) is 1.23. The van der Waals surface area contributed by atoms with E-state index < -0.39 is 12.2 Å². The van der Waals surface area contributed by atoms with Crippen molar-refractivity contribution >= 4 is 11.6 Å². The standard InChI is InChI=1S/C16H23ClO3/c1-11(18)15-9-13(17)6-7-16(15)20-10-14(19)8-12-4-2-3-5-12/h6-7,9,11-12,14,18-19H,2-5,8,10H2,1H3/t11-,14?/m1/s1.